The minimum atomic E-state index is 0.140. The molecule has 2 aromatic heterocycles. The van der Waals surface area contributed by atoms with Crippen molar-refractivity contribution in [2.24, 2.45) is 33.4 Å². The lowest BCUT2D eigenvalue weighted by Gasteiger charge is -2.45. The van der Waals surface area contributed by atoms with Crippen molar-refractivity contribution in [3.8, 4) is 21.6 Å². The smallest absolute Gasteiger partial charge is 0.188 e. The lowest BCUT2D eigenvalue weighted by molar-refractivity contribution is 0.0409. The molecule has 0 amide bonds. The fourth-order valence-corrected chi connectivity index (χ4v) is 9.34. The molecule has 0 bridgehead atoms. The standard InChI is InChI=1S/C29H37N3OS2/c1-3-6-21-8-10-23(34-21)24-11-12-25(35-24)26(33)22-9-7-20(18-32-27(30)31-2)17-29(22)16-15-28(19-29)13-4-5-14-28/h8,10-12,20,22H,4-5,7,9,13-19H2,1-2H3,(H3,30,31,32)/t20-,22-,29-/m1/s1. The van der Waals surface area contributed by atoms with Crippen LogP contribution in [0.25, 0.3) is 9.75 Å². The van der Waals surface area contributed by atoms with Crippen LogP contribution in [0.2, 0.25) is 0 Å². The van der Waals surface area contributed by atoms with Crippen LogP contribution >= 0.6 is 22.7 Å². The summed E-state index contributed by atoms with van der Waals surface area (Å²) in [5.74, 6) is 7.73. The molecule has 186 valence electrons. The summed E-state index contributed by atoms with van der Waals surface area (Å²) in [5, 5.41) is 3.31. The second-order valence-corrected chi connectivity index (χ2v) is 13.2. The van der Waals surface area contributed by atoms with E-state index in [2.05, 4.69) is 46.4 Å². The van der Waals surface area contributed by atoms with Crippen molar-refractivity contribution in [1.29, 1.82) is 0 Å². The van der Waals surface area contributed by atoms with Crippen LogP contribution in [-0.2, 0) is 0 Å². The van der Waals surface area contributed by atoms with Gasteiger partial charge in [-0.3, -0.25) is 9.79 Å². The van der Waals surface area contributed by atoms with E-state index in [1.165, 1.54) is 54.7 Å². The molecule has 0 radical (unpaired) electrons. The maximum atomic E-state index is 14.1. The molecule has 35 heavy (non-hydrogen) atoms. The molecular weight excluding hydrogens is 470 g/mol. The van der Waals surface area contributed by atoms with Crippen LogP contribution < -0.4 is 11.1 Å². The number of aliphatic imine (C=N–C) groups is 1. The van der Waals surface area contributed by atoms with Crippen molar-refractivity contribution >= 4 is 34.4 Å². The molecule has 3 saturated carbocycles. The predicted molar refractivity (Wildman–Crippen MR) is 148 cm³/mol. The van der Waals surface area contributed by atoms with Crippen LogP contribution in [0.5, 0.6) is 0 Å². The predicted octanol–water partition coefficient (Wildman–Crippen LogP) is 6.71. The van der Waals surface area contributed by atoms with Crippen molar-refractivity contribution in [3.63, 3.8) is 0 Å². The largest absolute Gasteiger partial charge is 0.370 e. The SMILES string of the molecule is CC#Cc1ccc(-c2ccc(C(=O)[C@H]3CC[C@@H](CNC(N)=NC)C[C@@]34CCC3(CCCC3)C4)s2)s1. The molecule has 0 saturated heterocycles. The van der Waals surface area contributed by atoms with Gasteiger partial charge in [0, 0.05) is 29.3 Å². The van der Waals surface area contributed by atoms with Gasteiger partial charge in [0.15, 0.2) is 11.7 Å². The molecule has 0 aromatic carbocycles. The molecule has 3 aliphatic rings. The van der Waals surface area contributed by atoms with E-state index in [0.717, 1.165) is 35.6 Å². The number of hydrogen-bond acceptors (Lipinski definition) is 4. The van der Waals surface area contributed by atoms with E-state index in [-0.39, 0.29) is 11.3 Å². The number of nitrogens with zero attached hydrogens (tertiary/aromatic N) is 1. The van der Waals surface area contributed by atoms with E-state index in [4.69, 9.17) is 5.73 Å². The first-order chi connectivity index (χ1) is 17.0. The zero-order chi connectivity index (χ0) is 24.5. The molecule has 4 nitrogen and oxygen atoms in total. The number of carbonyl (C=O) groups excluding carboxylic acids is 1. The Hall–Kier alpha value is -2.10. The van der Waals surface area contributed by atoms with Gasteiger partial charge in [0.05, 0.1) is 9.75 Å². The van der Waals surface area contributed by atoms with Crippen LogP contribution in [0.4, 0.5) is 0 Å². The summed E-state index contributed by atoms with van der Waals surface area (Å²) < 4.78 is 0. The van der Waals surface area contributed by atoms with Crippen molar-refractivity contribution in [3.05, 3.63) is 34.0 Å². The van der Waals surface area contributed by atoms with Crippen LogP contribution in [0.3, 0.4) is 0 Å². The van der Waals surface area contributed by atoms with Crippen LogP contribution in [0, 0.1) is 34.5 Å². The maximum Gasteiger partial charge on any atom is 0.188 e. The lowest BCUT2D eigenvalue weighted by atomic mass is 9.59. The Bertz CT molecular complexity index is 1160. The quantitative estimate of drug-likeness (QED) is 0.204. The summed E-state index contributed by atoms with van der Waals surface area (Å²) in [7, 11) is 1.73. The zero-order valence-corrected chi connectivity index (χ0v) is 22.6. The maximum absolute atomic E-state index is 14.1. The number of carbonyl (C=O) groups is 1. The number of ketones is 1. The minimum absolute atomic E-state index is 0.140. The van der Waals surface area contributed by atoms with E-state index >= 15 is 0 Å². The van der Waals surface area contributed by atoms with Crippen molar-refractivity contribution in [1.82, 2.24) is 5.32 Å². The van der Waals surface area contributed by atoms with Gasteiger partial charge in [0.2, 0.25) is 0 Å². The highest BCUT2D eigenvalue weighted by molar-refractivity contribution is 7.23. The Balaban J connectivity index is 1.37. The van der Waals surface area contributed by atoms with Gasteiger partial charge >= 0.3 is 0 Å². The van der Waals surface area contributed by atoms with Crippen molar-refractivity contribution < 1.29 is 4.79 Å². The Morgan fingerprint density at radius 1 is 1.11 bits per heavy atom. The number of Topliss-reactive ketones (excluding diaryl/α,β-unsaturated/α-hetero) is 1. The summed E-state index contributed by atoms with van der Waals surface area (Å²) in [4.78, 5) is 22.5. The van der Waals surface area contributed by atoms with Crippen molar-refractivity contribution in [2.75, 3.05) is 13.6 Å². The van der Waals surface area contributed by atoms with E-state index in [0.29, 0.717) is 23.1 Å². The minimum Gasteiger partial charge on any atom is -0.370 e. The fourth-order valence-electron chi connectivity index (χ4n) is 7.34. The Morgan fingerprint density at radius 2 is 1.89 bits per heavy atom. The monoisotopic (exact) mass is 507 g/mol. The van der Waals surface area contributed by atoms with Gasteiger partial charge in [-0.15, -0.1) is 28.6 Å². The summed E-state index contributed by atoms with van der Waals surface area (Å²) >= 11 is 3.38. The number of rotatable bonds is 5. The number of nitrogens with two attached hydrogens (primary N) is 1. The third-order valence-corrected chi connectivity index (χ3v) is 11.2. The van der Waals surface area contributed by atoms with Gasteiger partial charge in [0.25, 0.3) is 0 Å². The van der Waals surface area contributed by atoms with E-state index in [9.17, 15) is 4.79 Å². The average molecular weight is 508 g/mol. The van der Waals surface area contributed by atoms with Gasteiger partial charge in [0.1, 0.15) is 0 Å². The van der Waals surface area contributed by atoms with Gasteiger partial charge in [-0.1, -0.05) is 18.8 Å². The van der Waals surface area contributed by atoms with Crippen LogP contribution in [0.1, 0.15) is 85.7 Å². The van der Waals surface area contributed by atoms with Crippen molar-refractivity contribution in [2.45, 2.75) is 71.1 Å². The third-order valence-electron chi connectivity index (χ3n) is 8.92. The molecule has 3 atom stereocenters. The number of nitrogens with one attached hydrogen (secondary N) is 1. The second-order valence-electron chi connectivity index (χ2n) is 11.0. The number of guanidine groups is 1. The third kappa shape index (κ3) is 4.95. The summed E-state index contributed by atoms with van der Waals surface area (Å²) in [5.41, 5.74) is 6.56. The second kappa shape index (κ2) is 10.1. The number of hydrogen-bond donors (Lipinski definition) is 2. The Morgan fingerprint density at radius 3 is 2.66 bits per heavy atom. The first-order valence-electron chi connectivity index (χ1n) is 13.1. The first kappa shape index (κ1) is 24.6. The molecular formula is C29H37N3OS2. The molecule has 3 N–H and O–H groups in total. The Labute approximate surface area is 217 Å². The highest BCUT2D eigenvalue weighted by atomic mass is 32.1. The van der Waals surface area contributed by atoms with Crippen LogP contribution in [-0.4, -0.2) is 25.3 Å². The van der Waals surface area contributed by atoms with E-state index < -0.39 is 0 Å². The zero-order valence-electron chi connectivity index (χ0n) is 21.0. The highest BCUT2D eigenvalue weighted by Gasteiger charge is 2.56. The van der Waals surface area contributed by atoms with E-state index in [1.807, 2.05) is 6.92 Å². The molecule has 2 aromatic rings. The van der Waals surface area contributed by atoms with Gasteiger partial charge in [-0.05, 0) is 99.3 Å². The first-order valence-corrected chi connectivity index (χ1v) is 14.7. The molecule has 3 aliphatic carbocycles. The van der Waals surface area contributed by atoms with Gasteiger partial charge in [-0.2, -0.15) is 0 Å². The molecule has 2 heterocycles. The summed E-state index contributed by atoms with van der Waals surface area (Å²) in [6, 6.07) is 8.43. The van der Waals surface area contributed by atoms with Crippen LogP contribution in [0.15, 0.2) is 29.3 Å². The topological polar surface area (TPSA) is 67.5 Å². The molecule has 3 fully saturated rings. The lowest BCUT2D eigenvalue weighted by Crippen LogP contribution is -2.44. The van der Waals surface area contributed by atoms with Gasteiger partial charge < -0.3 is 11.1 Å². The molecule has 2 spiro atoms. The molecule has 0 aliphatic heterocycles. The molecule has 0 unspecified atom stereocenters. The molecule has 5 rings (SSSR count). The fraction of sp³-hybridized carbons (Fsp3) is 0.586. The summed E-state index contributed by atoms with van der Waals surface area (Å²) in [6.45, 7) is 2.73. The Kier molecular flexibility index (Phi) is 7.10. The average Bonchev–Trinajstić information content (AvgIpc) is 3.66. The number of thiophene rings is 2. The highest BCUT2D eigenvalue weighted by Crippen LogP contribution is 2.64. The van der Waals surface area contributed by atoms with E-state index in [1.54, 1.807) is 29.7 Å². The summed E-state index contributed by atoms with van der Waals surface area (Å²) in [6.07, 6.45) is 12.4. The normalized spacial score (nSPS) is 27.8. The molecule has 6 heteroatoms. The van der Waals surface area contributed by atoms with Gasteiger partial charge in [-0.25, -0.2) is 0 Å².